The minimum absolute atomic E-state index is 0.252. The van der Waals surface area contributed by atoms with Crippen molar-refractivity contribution in [2.45, 2.75) is 69.7 Å². The Morgan fingerprint density at radius 3 is 2.61 bits per heavy atom. The van der Waals surface area contributed by atoms with Crippen LogP contribution in [0.1, 0.15) is 63.8 Å². The van der Waals surface area contributed by atoms with Gasteiger partial charge in [-0.05, 0) is 37.5 Å². The van der Waals surface area contributed by atoms with E-state index in [1.54, 1.807) is 6.20 Å². The summed E-state index contributed by atoms with van der Waals surface area (Å²) < 4.78 is 32.0. The number of fused-ring (bicyclic) bond motifs is 1. The van der Waals surface area contributed by atoms with Crippen LogP contribution in [0.4, 0.5) is 5.13 Å². The molecule has 0 spiro atoms. The first-order valence-electron chi connectivity index (χ1n) is 9.63. The second kappa shape index (κ2) is 6.84. The van der Waals surface area contributed by atoms with E-state index in [4.69, 9.17) is 5.10 Å². The highest BCUT2D eigenvalue weighted by Crippen LogP contribution is 2.35. The maximum absolute atomic E-state index is 13.2. The number of aryl methyl sites for hydroxylation is 1. The summed E-state index contributed by atoms with van der Waals surface area (Å²) in [6, 6.07) is 6.20. The predicted molar refractivity (Wildman–Crippen MR) is 114 cm³/mol. The first-order valence-corrected chi connectivity index (χ1v) is 11.9. The number of anilines is 1. The van der Waals surface area contributed by atoms with Gasteiger partial charge in [0.2, 0.25) is 0 Å². The molecule has 4 rings (SSSR count). The quantitative estimate of drug-likeness (QED) is 0.646. The number of hydrogen-bond acceptors (Lipinski definition) is 5. The monoisotopic (exact) mass is 418 g/mol. The highest BCUT2D eigenvalue weighted by Gasteiger charge is 2.32. The molecule has 8 heteroatoms. The van der Waals surface area contributed by atoms with Crippen molar-refractivity contribution in [2.75, 3.05) is 4.72 Å². The highest BCUT2D eigenvalue weighted by atomic mass is 32.2. The van der Waals surface area contributed by atoms with Crippen molar-refractivity contribution in [3.05, 3.63) is 35.7 Å². The van der Waals surface area contributed by atoms with Gasteiger partial charge in [0, 0.05) is 11.6 Å². The Morgan fingerprint density at radius 2 is 1.93 bits per heavy atom. The average molecular weight is 419 g/mol. The first kappa shape index (κ1) is 19.4. The van der Waals surface area contributed by atoms with Crippen LogP contribution in [0.3, 0.4) is 0 Å². The molecule has 1 saturated carbocycles. The summed E-state index contributed by atoms with van der Waals surface area (Å²) >= 11 is 1.35. The Labute approximate surface area is 170 Å². The summed E-state index contributed by atoms with van der Waals surface area (Å²) in [4.78, 5) is 4.69. The fourth-order valence-corrected chi connectivity index (χ4v) is 6.24. The lowest BCUT2D eigenvalue weighted by molar-refractivity contribution is 0.448. The van der Waals surface area contributed by atoms with E-state index < -0.39 is 10.0 Å². The van der Waals surface area contributed by atoms with Crippen LogP contribution in [0.2, 0.25) is 0 Å². The lowest BCUT2D eigenvalue weighted by Crippen LogP contribution is -2.20. The molecule has 2 heterocycles. The number of thiazole rings is 1. The second-order valence-corrected chi connectivity index (χ2v) is 11.3. The molecule has 0 atom stereocenters. The van der Waals surface area contributed by atoms with E-state index >= 15 is 0 Å². The summed E-state index contributed by atoms with van der Waals surface area (Å²) in [5.41, 5.74) is 2.15. The molecule has 1 N–H and O–H groups in total. The van der Waals surface area contributed by atoms with Crippen LogP contribution in [0, 0.1) is 6.92 Å². The van der Waals surface area contributed by atoms with E-state index in [-0.39, 0.29) is 16.4 Å². The number of aromatic nitrogens is 3. The first-order chi connectivity index (χ1) is 13.1. The van der Waals surface area contributed by atoms with Gasteiger partial charge in [-0.25, -0.2) is 13.4 Å². The topological polar surface area (TPSA) is 76.9 Å². The third kappa shape index (κ3) is 3.67. The zero-order chi connectivity index (χ0) is 20.1. The van der Waals surface area contributed by atoms with Gasteiger partial charge in [0.25, 0.3) is 10.0 Å². The number of rotatable bonds is 4. The predicted octanol–water partition coefficient (Wildman–Crippen LogP) is 5.01. The van der Waals surface area contributed by atoms with Crippen molar-refractivity contribution >= 4 is 36.7 Å². The van der Waals surface area contributed by atoms with E-state index in [0.29, 0.717) is 10.8 Å². The van der Waals surface area contributed by atoms with Crippen molar-refractivity contribution in [3.8, 4) is 0 Å². The van der Waals surface area contributed by atoms with E-state index in [1.165, 1.54) is 24.2 Å². The molecule has 1 aromatic carbocycles. The molecule has 0 saturated heterocycles. The molecule has 2 aromatic heterocycles. The Bertz CT molecular complexity index is 1120. The highest BCUT2D eigenvalue weighted by molar-refractivity contribution is 7.93. The van der Waals surface area contributed by atoms with Gasteiger partial charge in [-0.15, -0.1) is 0 Å². The number of sulfonamides is 1. The lowest BCUT2D eigenvalue weighted by Gasteiger charge is -2.17. The largest absolute Gasteiger partial charge is 0.268 e. The fraction of sp³-hybridized carbons (Fsp3) is 0.500. The maximum Gasteiger partial charge on any atom is 0.267 e. The zero-order valence-corrected chi connectivity index (χ0v) is 18.3. The van der Waals surface area contributed by atoms with Crippen LogP contribution in [-0.4, -0.2) is 23.2 Å². The molecule has 1 aliphatic carbocycles. The summed E-state index contributed by atoms with van der Waals surface area (Å²) in [5, 5.41) is 5.09. The second-order valence-electron chi connectivity index (χ2n) is 8.61. The van der Waals surface area contributed by atoms with Gasteiger partial charge < -0.3 is 0 Å². The molecule has 3 aromatic rings. The minimum atomic E-state index is -3.78. The number of nitrogens with one attached hydrogen (secondary N) is 1. The molecule has 28 heavy (non-hydrogen) atoms. The van der Waals surface area contributed by atoms with Gasteiger partial charge in [-0.3, -0.25) is 9.40 Å². The molecule has 6 nitrogen and oxygen atoms in total. The van der Waals surface area contributed by atoms with Gasteiger partial charge in [-0.2, -0.15) is 5.10 Å². The third-order valence-electron chi connectivity index (χ3n) is 5.16. The van der Waals surface area contributed by atoms with Crippen molar-refractivity contribution in [1.82, 2.24) is 14.8 Å². The molecule has 150 valence electrons. The fourth-order valence-electron chi connectivity index (χ4n) is 3.69. The van der Waals surface area contributed by atoms with Gasteiger partial charge in [0.1, 0.15) is 4.90 Å². The molecule has 0 bridgehead atoms. The molecule has 0 unspecified atom stereocenters. The molecule has 0 amide bonds. The smallest absolute Gasteiger partial charge is 0.267 e. The van der Waals surface area contributed by atoms with Crippen LogP contribution in [0.15, 0.2) is 29.3 Å². The maximum atomic E-state index is 13.2. The summed E-state index contributed by atoms with van der Waals surface area (Å²) in [5.74, 6) is 0. The van der Waals surface area contributed by atoms with Crippen molar-refractivity contribution in [3.63, 3.8) is 0 Å². The Hall–Kier alpha value is -1.93. The van der Waals surface area contributed by atoms with E-state index in [2.05, 4.69) is 9.71 Å². The van der Waals surface area contributed by atoms with Gasteiger partial charge in [0.15, 0.2) is 5.13 Å². The standard InChI is InChI=1S/C20H26N4O2S2/c1-13-9-10-15-16(11-13)27-19(21-15)23-28(25,26)17-12-24(14-7-5-6-8-14)22-18(17)20(2,3)4/h9-12,14H,5-8H2,1-4H3,(H,21,23). The van der Waals surface area contributed by atoms with Crippen LogP contribution in [0.25, 0.3) is 10.2 Å². The normalized spacial score (nSPS) is 16.1. The lowest BCUT2D eigenvalue weighted by atomic mass is 9.92. The van der Waals surface area contributed by atoms with Crippen molar-refractivity contribution < 1.29 is 8.42 Å². The van der Waals surface area contributed by atoms with Gasteiger partial charge in [0.05, 0.1) is 22.0 Å². The summed E-state index contributed by atoms with van der Waals surface area (Å²) in [7, 11) is -3.78. The Balaban J connectivity index is 1.72. The Morgan fingerprint density at radius 1 is 1.21 bits per heavy atom. The molecular weight excluding hydrogens is 392 g/mol. The van der Waals surface area contributed by atoms with E-state index in [9.17, 15) is 8.42 Å². The van der Waals surface area contributed by atoms with Gasteiger partial charge in [-0.1, -0.05) is 51.0 Å². The van der Waals surface area contributed by atoms with Crippen molar-refractivity contribution in [2.24, 2.45) is 0 Å². The van der Waals surface area contributed by atoms with Crippen LogP contribution in [0.5, 0.6) is 0 Å². The van der Waals surface area contributed by atoms with Gasteiger partial charge >= 0.3 is 0 Å². The minimum Gasteiger partial charge on any atom is -0.268 e. The number of nitrogens with zero attached hydrogens (tertiary/aromatic N) is 3. The SMILES string of the molecule is Cc1ccc2nc(NS(=O)(=O)c3cn(C4CCCC4)nc3C(C)(C)C)sc2c1. The van der Waals surface area contributed by atoms with Crippen LogP contribution < -0.4 is 4.72 Å². The van der Waals surface area contributed by atoms with Crippen LogP contribution in [-0.2, 0) is 15.4 Å². The Kier molecular flexibility index (Phi) is 4.74. The number of hydrogen-bond donors (Lipinski definition) is 1. The summed E-state index contributed by atoms with van der Waals surface area (Å²) in [6.45, 7) is 7.99. The summed E-state index contributed by atoms with van der Waals surface area (Å²) in [6.07, 6.45) is 6.14. The number of benzene rings is 1. The van der Waals surface area contributed by atoms with E-state index in [1.807, 2.05) is 50.6 Å². The molecule has 1 fully saturated rings. The molecule has 1 aliphatic rings. The molecular formula is C20H26N4O2S2. The van der Waals surface area contributed by atoms with Crippen molar-refractivity contribution in [1.29, 1.82) is 0 Å². The van der Waals surface area contributed by atoms with E-state index in [0.717, 1.165) is 28.6 Å². The molecule has 0 aliphatic heterocycles. The van der Waals surface area contributed by atoms with Crippen LogP contribution >= 0.6 is 11.3 Å². The molecule has 0 radical (unpaired) electrons. The average Bonchev–Trinajstić information content (AvgIpc) is 3.31. The third-order valence-corrected chi connectivity index (χ3v) is 7.57. The zero-order valence-electron chi connectivity index (χ0n) is 16.7.